The summed E-state index contributed by atoms with van der Waals surface area (Å²) in [4.78, 5) is 13.6. The first-order chi connectivity index (χ1) is 9.74. The highest BCUT2D eigenvalue weighted by atomic mass is 16.4. The fourth-order valence-corrected chi connectivity index (χ4v) is 2.89. The van der Waals surface area contributed by atoms with Crippen LogP contribution < -0.4 is 0 Å². The topological polar surface area (TPSA) is 53.7 Å². The van der Waals surface area contributed by atoms with E-state index in [1.54, 1.807) is 12.1 Å². The van der Waals surface area contributed by atoms with Crippen molar-refractivity contribution in [2.45, 2.75) is 32.2 Å². The first-order valence-electron chi connectivity index (χ1n) is 7.21. The van der Waals surface area contributed by atoms with Crippen molar-refractivity contribution >= 4 is 16.9 Å². The maximum atomic E-state index is 11.2. The highest BCUT2D eigenvalue weighted by Crippen LogP contribution is 2.24. The molecule has 0 unspecified atom stereocenters. The van der Waals surface area contributed by atoms with Crippen molar-refractivity contribution in [3.63, 3.8) is 0 Å². The molecule has 0 amide bonds. The van der Waals surface area contributed by atoms with Gasteiger partial charge in [-0.2, -0.15) is 0 Å². The van der Waals surface area contributed by atoms with Crippen LogP contribution in [0.1, 0.15) is 41.8 Å². The number of carboxylic acid groups (broad SMARTS) is 1. The molecule has 0 bridgehead atoms. The highest BCUT2D eigenvalue weighted by Gasteiger charge is 2.15. The largest absolute Gasteiger partial charge is 0.478 e. The first-order valence-corrected chi connectivity index (χ1v) is 7.21. The molecule has 1 aromatic carbocycles. The van der Waals surface area contributed by atoms with Gasteiger partial charge in [-0.05, 0) is 44.1 Å². The van der Waals surface area contributed by atoms with Gasteiger partial charge in [0.25, 0.3) is 0 Å². The van der Waals surface area contributed by atoms with Crippen molar-refractivity contribution in [1.82, 2.24) is 4.90 Å². The number of hydrogen-bond acceptors (Lipinski definition) is 3. The van der Waals surface area contributed by atoms with Gasteiger partial charge >= 0.3 is 5.97 Å². The van der Waals surface area contributed by atoms with Gasteiger partial charge in [0.05, 0.1) is 12.1 Å². The molecule has 2 heterocycles. The summed E-state index contributed by atoms with van der Waals surface area (Å²) < 4.78 is 5.80. The molecular formula is C16H19NO3. The fraction of sp³-hybridized carbons (Fsp3) is 0.438. The third-order valence-corrected chi connectivity index (χ3v) is 3.92. The van der Waals surface area contributed by atoms with Gasteiger partial charge in [0.15, 0.2) is 0 Å². The number of carboxylic acids is 1. The Morgan fingerprint density at radius 1 is 1.20 bits per heavy atom. The predicted molar refractivity (Wildman–Crippen MR) is 76.9 cm³/mol. The minimum absolute atomic E-state index is 0.313. The second-order valence-electron chi connectivity index (χ2n) is 5.43. The molecule has 1 aliphatic rings. The zero-order valence-corrected chi connectivity index (χ0v) is 11.5. The summed E-state index contributed by atoms with van der Waals surface area (Å²) in [6, 6.07) is 7.05. The van der Waals surface area contributed by atoms with Crippen LogP contribution in [0.2, 0.25) is 0 Å². The third kappa shape index (κ3) is 2.70. The Bertz CT molecular complexity index is 609. The number of likely N-dealkylation sites (tertiary alicyclic amines) is 1. The van der Waals surface area contributed by atoms with Crippen molar-refractivity contribution in [1.29, 1.82) is 0 Å². The molecule has 0 aliphatic carbocycles. The Kier molecular flexibility index (Phi) is 3.74. The van der Waals surface area contributed by atoms with E-state index in [-0.39, 0.29) is 0 Å². The highest BCUT2D eigenvalue weighted by molar-refractivity contribution is 6.02. The first kappa shape index (κ1) is 13.2. The SMILES string of the molecule is O=C(O)c1cccc2oc(CN3CCCCCC3)cc12. The average Bonchev–Trinajstić information content (AvgIpc) is 2.65. The molecule has 0 atom stereocenters. The summed E-state index contributed by atoms with van der Waals surface area (Å²) in [5, 5.41) is 9.90. The molecule has 4 heteroatoms. The van der Waals surface area contributed by atoms with Crippen LogP contribution in [0.15, 0.2) is 28.7 Å². The summed E-state index contributed by atoms with van der Waals surface area (Å²) in [5.74, 6) is -0.0478. The second kappa shape index (κ2) is 5.67. The average molecular weight is 273 g/mol. The van der Waals surface area contributed by atoms with E-state index in [4.69, 9.17) is 4.42 Å². The van der Waals surface area contributed by atoms with E-state index in [1.165, 1.54) is 25.7 Å². The number of nitrogens with zero attached hydrogens (tertiary/aromatic N) is 1. The van der Waals surface area contributed by atoms with Gasteiger partial charge < -0.3 is 9.52 Å². The predicted octanol–water partition coefficient (Wildman–Crippen LogP) is 3.51. The molecule has 106 valence electrons. The molecule has 0 radical (unpaired) electrons. The number of rotatable bonds is 3. The van der Waals surface area contributed by atoms with Crippen molar-refractivity contribution in [2.24, 2.45) is 0 Å². The molecule has 1 N–H and O–H groups in total. The summed E-state index contributed by atoms with van der Waals surface area (Å²) in [6.45, 7) is 2.97. The summed E-state index contributed by atoms with van der Waals surface area (Å²) in [6.07, 6.45) is 5.08. The lowest BCUT2D eigenvalue weighted by molar-refractivity contribution is 0.0699. The Morgan fingerprint density at radius 3 is 2.65 bits per heavy atom. The van der Waals surface area contributed by atoms with Gasteiger partial charge in [0.2, 0.25) is 0 Å². The number of hydrogen-bond donors (Lipinski definition) is 1. The van der Waals surface area contributed by atoms with Crippen LogP contribution in [0.25, 0.3) is 11.0 Å². The van der Waals surface area contributed by atoms with Crippen LogP contribution in [0, 0.1) is 0 Å². The Labute approximate surface area is 118 Å². The number of furan rings is 1. The van der Waals surface area contributed by atoms with Crippen LogP contribution in [0.5, 0.6) is 0 Å². The van der Waals surface area contributed by atoms with Gasteiger partial charge in [-0.1, -0.05) is 18.9 Å². The summed E-state index contributed by atoms with van der Waals surface area (Å²) >= 11 is 0. The molecule has 4 nitrogen and oxygen atoms in total. The Hall–Kier alpha value is -1.81. The zero-order chi connectivity index (χ0) is 13.9. The molecule has 1 fully saturated rings. The van der Waals surface area contributed by atoms with Gasteiger partial charge in [0.1, 0.15) is 11.3 Å². The van der Waals surface area contributed by atoms with Crippen molar-refractivity contribution in [3.8, 4) is 0 Å². The molecule has 20 heavy (non-hydrogen) atoms. The van der Waals surface area contributed by atoms with E-state index in [2.05, 4.69) is 4.90 Å². The van der Waals surface area contributed by atoms with E-state index in [9.17, 15) is 9.90 Å². The second-order valence-corrected chi connectivity index (χ2v) is 5.43. The molecule has 0 spiro atoms. The van der Waals surface area contributed by atoms with E-state index in [1.807, 2.05) is 12.1 Å². The van der Waals surface area contributed by atoms with Crippen LogP contribution in [0.3, 0.4) is 0 Å². The quantitative estimate of drug-likeness (QED) is 0.929. The van der Waals surface area contributed by atoms with Gasteiger partial charge in [-0.25, -0.2) is 4.79 Å². The molecule has 1 saturated heterocycles. The lowest BCUT2D eigenvalue weighted by atomic mass is 10.1. The number of aromatic carboxylic acids is 1. The van der Waals surface area contributed by atoms with E-state index in [0.29, 0.717) is 16.5 Å². The number of carbonyl (C=O) groups is 1. The summed E-state index contributed by atoms with van der Waals surface area (Å²) in [7, 11) is 0. The minimum atomic E-state index is -0.905. The molecule has 1 aliphatic heterocycles. The molecule has 1 aromatic heterocycles. The molecule has 0 saturated carbocycles. The minimum Gasteiger partial charge on any atom is -0.478 e. The zero-order valence-electron chi connectivity index (χ0n) is 11.5. The maximum Gasteiger partial charge on any atom is 0.336 e. The van der Waals surface area contributed by atoms with Crippen LogP contribution in [0.4, 0.5) is 0 Å². The van der Waals surface area contributed by atoms with E-state index in [0.717, 1.165) is 25.4 Å². The van der Waals surface area contributed by atoms with Crippen molar-refractivity contribution < 1.29 is 14.3 Å². The molecule has 2 aromatic rings. The van der Waals surface area contributed by atoms with Crippen molar-refractivity contribution in [2.75, 3.05) is 13.1 Å². The number of benzene rings is 1. The van der Waals surface area contributed by atoms with E-state index < -0.39 is 5.97 Å². The monoisotopic (exact) mass is 273 g/mol. The van der Waals surface area contributed by atoms with Crippen LogP contribution >= 0.6 is 0 Å². The molecular weight excluding hydrogens is 254 g/mol. The standard InChI is InChI=1S/C16H19NO3/c18-16(19)13-6-5-7-15-14(13)10-12(20-15)11-17-8-3-1-2-4-9-17/h5-7,10H,1-4,8-9,11H2,(H,18,19). The Balaban J connectivity index is 1.85. The summed E-state index contributed by atoms with van der Waals surface area (Å²) in [5.41, 5.74) is 0.975. The maximum absolute atomic E-state index is 11.2. The Morgan fingerprint density at radius 2 is 1.95 bits per heavy atom. The fourth-order valence-electron chi connectivity index (χ4n) is 2.89. The molecule has 3 rings (SSSR count). The lowest BCUT2D eigenvalue weighted by Gasteiger charge is -2.17. The normalized spacial score (nSPS) is 17.2. The van der Waals surface area contributed by atoms with Gasteiger partial charge in [-0.15, -0.1) is 0 Å². The smallest absolute Gasteiger partial charge is 0.336 e. The van der Waals surface area contributed by atoms with E-state index >= 15 is 0 Å². The number of fused-ring (bicyclic) bond motifs is 1. The van der Waals surface area contributed by atoms with Crippen molar-refractivity contribution in [3.05, 3.63) is 35.6 Å². The van der Waals surface area contributed by atoms with Gasteiger partial charge in [0, 0.05) is 5.39 Å². The van der Waals surface area contributed by atoms with Gasteiger partial charge in [-0.3, -0.25) is 4.90 Å². The van der Waals surface area contributed by atoms with Crippen LogP contribution in [-0.2, 0) is 6.54 Å². The third-order valence-electron chi connectivity index (χ3n) is 3.92. The lowest BCUT2D eigenvalue weighted by Crippen LogP contribution is -2.23. The van der Waals surface area contributed by atoms with Crippen LogP contribution in [-0.4, -0.2) is 29.1 Å².